The second-order valence-electron chi connectivity index (χ2n) is 6.43. The van der Waals surface area contributed by atoms with E-state index in [-0.39, 0.29) is 0 Å². The average Bonchev–Trinajstić information content (AvgIpc) is 2.49. The average molecular weight is 289 g/mol. The van der Waals surface area contributed by atoms with E-state index in [0.717, 1.165) is 32.7 Å². The molecule has 118 valence electrons. The minimum absolute atomic E-state index is 0.546. The van der Waals surface area contributed by atoms with Crippen LogP contribution in [0.4, 0.5) is 5.69 Å². The molecule has 1 heterocycles. The van der Waals surface area contributed by atoms with Gasteiger partial charge in [0.1, 0.15) is 0 Å². The number of nitrogens with zero attached hydrogens (tertiary/aromatic N) is 2. The highest BCUT2D eigenvalue weighted by Gasteiger charge is 2.26. The molecule has 0 aliphatic carbocycles. The molecule has 2 unspecified atom stereocenters. The monoisotopic (exact) mass is 289 g/mol. The fourth-order valence-electron chi connectivity index (χ4n) is 3.53. The molecule has 21 heavy (non-hydrogen) atoms. The van der Waals surface area contributed by atoms with Gasteiger partial charge in [-0.1, -0.05) is 32.4 Å². The van der Waals surface area contributed by atoms with E-state index < -0.39 is 0 Å². The molecule has 1 aliphatic rings. The van der Waals surface area contributed by atoms with Gasteiger partial charge in [-0.2, -0.15) is 0 Å². The Balaban J connectivity index is 1.93. The van der Waals surface area contributed by atoms with Gasteiger partial charge in [-0.25, -0.2) is 0 Å². The molecule has 1 saturated heterocycles. The minimum Gasteiger partial charge on any atom is -0.369 e. The van der Waals surface area contributed by atoms with Crippen molar-refractivity contribution >= 4 is 5.69 Å². The van der Waals surface area contributed by atoms with E-state index >= 15 is 0 Å². The first-order valence-electron chi connectivity index (χ1n) is 8.41. The van der Waals surface area contributed by atoms with Crippen LogP contribution in [-0.4, -0.2) is 43.7 Å². The third-order valence-electron chi connectivity index (χ3n) is 4.79. The van der Waals surface area contributed by atoms with Crippen molar-refractivity contribution in [1.82, 2.24) is 4.90 Å². The SMILES string of the molecule is CCCC(C)C(CN)N1CCN(c2cccc(C)c2)CC1. The third-order valence-corrected chi connectivity index (χ3v) is 4.79. The van der Waals surface area contributed by atoms with Gasteiger partial charge in [0, 0.05) is 44.5 Å². The maximum atomic E-state index is 6.05. The summed E-state index contributed by atoms with van der Waals surface area (Å²) >= 11 is 0. The minimum atomic E-state index is 0.546. The van der Waals surface area contributed by atoms with Crippen LogP contribution in [-0.2, 0) is 0 Å². The maximum Gasteiger partial charge on any atom is 0.0369 e. The Morgan fingerprint density at radius 2 is 1.90 bits per heavy atom. The van der Waals surface area contributed by atoms with E-state index in [1.807, 2.05) is 0 Å². The standard InChI is InChI=1S/C18H31N3/c1-4-6-16(3)18(14-19)21-11-9-20(10-12-21)17-8-5-7-15(2)13-17/h5,7-8,13,16,18H,4,6,9-12,14,19H2,1-3H3. The summed E-state index contributed by atoms with van der Waals surface area (Å²) in [6.45, 7) is 12.0. The molecule has 0 saturated carbocycles. The number of anilines is 1. The second-order valence-corrected chi connectivity index (χ2v) is 6.43. The Morgan fingerprint density at radius 3 is 2.48 bits per heavy atom. The predicted octanol–water partition coefficient (Wildman–Crippen LogP) is 2.88. The zero-order valence-corrected chi connectivity index (χ0v) is 13.9. The van der Waals surface area contributed by atoms with E-state index in [4.69, 9.17) is 5.73 Å². The summed E-state index contributed by atoms with van der Waals surface area (Å²) in [6, 6.07) is 9.38. The topological polar surface area (TPSA) is 32.5 Å². The van der Waals surface area contributed by atoms with E-state index in [1.165, 1.54) is 24.1 Å². The molecule has 2 atom stereocenters. The highest BCUT2D eigenvalue weighted by molar-refractivity contribution is 5.48. The lowest BCUT2D eigenvalue weighted by molar-refractivity contribution is 0.139. The van der Waals surface area contributed by atoms with Crippen LogP contribution in [0.5, 0.6) is 0 Å². The lowest BCUT2D eigenvalue weighted by Crippen LogP contribution is -2.54. The molecule has 1 aromatic rings. The number of hydrogen-bond acceptors (Lipinski definition) is 3. The Bertz CT molecular complexity index is 424. The summed E-state index contributed by atoms with van der Waals surface area (Å²) in [7, 11) is 0. The van der Waals surface area contributed by atoms with Crippen molar-refractivity contribution in [3.05, 3.63) is 29.8 Å². The van der Waals surface area contributed by atoms with E-state index in [9.17, 15) is 0 Å². The largest absolute Gasteiger partial charge is 0.369 e. The molecule has 0 bridgehead atoms. The predicted molar refractivity (Wildman–Crippen MR) is 91.9 cm³/mol. The maximum absolute atomic E-state index is 6.05. The lowest BCUT2D eigenvalue weighted by atomic mass is 9.95. The van der Waals surface area contributed by atoms with Crippen LogP contribution in [0, 0.1) is 12.8 Å². The molecule has 0 amide bonds. The zero-order valence-electron chi connectivity index (χ0n) is 13.9. The van der Waals surface area contributed by atoms with Crippen molar-refractivity contribution in [2.24, 2.45) is 11.7 Å². The van der Waals surface area contributed by atoms with E-state index in [1.54, 1.807) is 0 Å². The smallest absolute Gasteiger partial charge is 0.0369 e. The fourth-order valence-corrected chi connectivity index (χ4v) is 3.53. The molecular weight excluding hydrogens is 258 g/mol. The van der Waals surface area contributed by atoms with Crippen LogP contribution in [0.25, 0.3) is 0 Å². The summed E-state index contributed by atoms with van der Waals surface area (Å²) in [6.07, 6.45) is 2.53. The van der Waals surface area contributed by atoms with E-state index in [0.29, 0.717) is 12.0 Å². The molecule has 0 spiro atoms. The van der Waals surface area contributed by atoms with Crippen LogP contribution in [0.15, 0.2) is 24.3 Å². The van der Waals surface area contributed by atoms with Crippen LogP contribution in [0.2, 0.25) is 0 Å². The highest BCUT2D eigenvalue weighted by atomic mass is 15.3. The van der Waals surface area contributed by atoms with Gasteiger partial charge in [0.2, 0.25) is 0 Å². The molecule has 1 aliphatic heterocycles. The van der Waals surface area contributed by atoms with Gasteiger partial charge in [-0.15, -0.1) is 0 Å². The molecule has 3 nitrogen and oxygen atoms in total. The molecule has 1 aromatic carbocycles. The first-order chi connectivity index (χ1) is 10.2. The quantitative estimate of drug-likeness (QED) is 0.874. The van der Waals surface area contributed by atoms with Crippen molar-refractivity contribution in [1.29, 1.82) is 0 Å². The number of benzene rings is 1. The molecule has 0 aromatic heterocycles. The molecule has 2 rings (SSSR count). The van der Waals surface area contributed by atoms with Gasteiger partial charge in [0.25, 0.3) is 0 Å². The number of hydrogen-bond donors (Lipinski definition) is 1. The third kappa shape index (κ3) is 4.21. The first kappa shape index (κ1) is 16.3. The van der Waals surface area contributed by atoms with Crippen molar-refractivity contribution in [2.45, 2.75) is 39.7 Å². The van der Waals surface area contributed by atoms with Crippen molar-refractivity contribution in [2.75, 3.05) is 37.6 Å². The summed E-state index contributed by atoms with van der Waals surface area (Å²) in [5.74, 6) is 0.700. The second kappa shape index (κ2) is 7.81. The van der Waals surface area contributed by atoms with Gasteiger partial charge in [-0.3, -0.25) is 4.90 Å². The Kier molecular flexibility index (Phi) is 6.07. The first-order valence-corrected chi connectivity index (χ1v) is 8.41. The summed E-state index contributed by atoms with van der Waals surface area (Å²) in [5, 5.41) is 0. The van der Waals surface area contributed by atoms with E-state index in [2.05, 4.69) is 54.8 Å². The summed E-state index contributed by atoms with van der Waals surface area (Å²) in [5.41, 5.74) is 8.75. The number of nitrogens with two attached hydrogens (primary N) is 1. The normalized spacial score (nSPS) is 19.5. The van der Waals surface area contributed by atoms with Gasteiger partial charge in [0.05, 0.1) is 0 Å². The molecule has 3 heteroatoms. The highest BCUT2D eigenvalue weighted by Crippen LogP contribution is 2.21. The van der Waals surface area contributed by atoms with Crippen LogP contribution >= 0.6 is 0 Å². The summed E-state index contributed by atoms with van der Waals surface area (Å²) < 4.78 is 0. The lowest BCUT2D eigenvalue weighted by Gasteiger charge is -2.42. The van der Waals surface area contributed by atoms with Crippen molar-refractivity contribution in [3.8, 4) is 0 Å². The van der Waals surface area contributed by atoms with Crippen LogP contribution in [0.1, 0.15) is 32.3 Å². The van der Waals surface area contributed by atoms with Crippen LogP contribution in [0.3, 0.4) is 0 Å². The number of aryl methyl sites for hydroxylation is 1. The van der Waals surface area contributed by atoms with Crippen LogP contribution < -0.4 is 10.6 Å². The Hall–Kier alpha value is -1.06. The van der Waals surface area contributed by atoms with Gasteiger partial charge in [-0.05, 0) is 37.0 Å². The van der Waals surface area contributed by atoms with Crippen molar-refractivity contribution in [3.63, 3.8) is 0 Å². The zero-order chi connectivity index (χ0) is 15.2. The van der Waals surface area contributed by atoms with Gasteiger partial charge < -0.3 is 10.6 Å². The fraction of sp³-hybridized carbons (Fsp3) is 0.667. The Morgan fingerprint density at radius 1 is 1.19 bits per heavy atom. The van der Waals surface area contributed by atoms with Gasteiger partial charge in [0.15, 0.2) is 0 Å². The molecular formula is C18H31N3. The number of piperazine rings is 1. The molecule has 2 N–H and O–H groups in total. The van der Waals surface area contributed by atoms with Crippen molar-refractivity contribution < 1.29 is 0 Å². The Labute approximate surface area is 130 Å². The number of rotatable bonds is 6. The summed E-state index contributed by atoms with van der Waals surface area (Å²) in [4.78, 5) is 5.11. The molecule has 1 fully saturated rings. The molecule has 0 radical (unpaired) electrons. The van der Waals surface area contributed by atoms with Gasteiger partial charge >= 0.3 is 0 Å².